The Bertz CT molecular complexity index is 375. The van der Waals surface area contributed by atoms with Crippen molar-refractivity contribution in [2.24, 2.45) is 0 Å². The second-order valence-corrected chi connectivity index (χ2v) is 5.66. The maximum Gasteiger partial charge on any atom is 0.0465 e. The van der Waals surface area contributed by atoms with Crippen molar-refractivity contribution in [2.75, 3.05) is 19.6 Å². The number of hydrogen-bond acceptors (Lipinski definition) is 2. The van der Waals surface area contributed by atoms with Gasteiger partial charge in [-0.15, -0.1) is 0 Å². The van der Waals surface area contributed by atoms with Gasteiger partial charge in [0.1, 0.15) is 0 Å². The van der Waals surface area contributed by atoms with Crippen molar-refractivity contribution in [3.8, 4) is 0 Å². The summed E-state index contributed by atoms with van der Waals surface area (Å²) >= 11 is 12.5. The zero-order valence-electron chi connectivity index (χ0n) is 10.8. The van der Waals surface area contributed by atoms with Crippen LogP contribution < -0.4 is 5.32 Å². The van der Waals surface area contributed by atoms with Gasteiger partial charge in [0.05, 0.1) is 0 Å². The second-order valence-electron chi connectivity index (χ2n) is 4.85. The van der Waals surface area contributed by atoms with E-state index in [4.69, 9.17) is 23.2 Å². The van der Waals surface area contributed by atoms with Gasteiger partial charge < -0.3 is 5.32 Å². The average molecular weight is 287 g/mol. The molecule has 1 aliphatic rings. The third kappa shape index (κ3) is 3.61. The lowest BCUT2D eigenvalue weighted by molar-refractivity contribution is 0.257. The Balaban J connectivity index is 2.07. The summed E-state index contributed by atoms with van der Waals surface area (Å²) < 4.78 is 0. The highest BCUT2D eigenvalue weighted by molar-refractivity contribution is 6.35. The molecule has 0 aliphatic carbocycles. The molecule has 1 aromatic rings. The minimum absolute atomic E-state index is 0.578. The van der Waals surface area contributed by atoms with E-state index in [9.17, 15) is 0 Å². The number of halogens is 2. The van der Waals surface area contributed by atoms with E-state index in [-0.39, 0.29) is 0 Å². The first-order chi connectivity index (χ1) is 8.70. The third-order valence-electron chi connectivity index (χ3n) is 3.50. The zero-order valence-corrected chi connectivity index (χ0v) is 12.3. The smallest absolute Gasteiger partial charge is 0.0465 e. The van der Waals surface area contributed by atoms with E-state index in [1.54, 1.807) is 0 Å². The van der Waals surface area contributed by atoms with Crippen LogP contribution in [-0.2, 0) is 6.54 Å². The van der Waals surface area contributed by atoms with E-state index in [1.807, 2.05) is 18.2 Å². The van der Waals surface area contributed by atoms with Crippen molar-refractivity contribution >= 4 is 23.2 Å². The van der Waals surface area contributed by atoms with Gasteiger partial charge in [-0.2, -0.15) is 0 Å². The summed E-state index contributed by atoms with van der Waals surface area (Å²) in [7, 11) is 0. The molecule has 1 fully saturated rings. The Morgan fingerprint density at radius 3 is 2.72 bits per heavy atom. The predicted molar refractivity (Wildman–Crippen MR) is 78.4 cm³/mol. The first kappa shape index (κ1) is 14.1. The molecule has 1 aliphatic heterocycles. The lowest BCUT2D eigenvalue weighted by Crippen LogP contribution is -2.36. The standard InChI is InChI=1S/C14H20Cl2N2/c1-2-11-9-18(8-4-7-17-11)10-12-13(15)5-3-6-14(12)16/h3,5-6,11,17H,2,4,7-10H2,1H3. The van der Waals surface area contributed by atoms with Crippen molar-refractivity contribution < 1.29 is 0 Å². The van der Waals surface area contributed by atoms with Gasteiger partial charge >= 0.3 is 0 Å². The van der Waals surface area contributed by atoms with Gasteiger partial charge in [-0.05, 0) is 38.1 Å². The van der Waals surface area contributed by atoms with Crippen molar-refractivity contribution in [3.05, 3.63) is 33.8 Å². The normalized spacial score (nSPS) is 21.8. The SMILES string of the molecule is CCC1CN(Cc2c(Cl)cccc2Cl)CCCN1. The predicted octanol–water partition coefficient (Wildman–Crippen LogP) is 3.57. The average Bonchev–Trinajstić information content (AvgIpc) is 2.59. The van der Waals surface area contributed by atoms with E-state index in [2.05, 4.69) is 17.1 Å². The van der Waals surface area contributed by atoms with Crippen molar-refractivity contribution in [3.63, 3.8) is 0 Å². The summed E-state index contributed by atoms with van der Waals surface area (Å²) in [6.45, 7) is 6.34. The second kappa shape index (κ2) is 6.76. The Morgan fingerprint density at radius 1 is 1.33 bits per heavy atom. The highest BCUT2D eigenvalue weighted by Crippen LogP contribution is 2.26. The van der Waals surface area contributed by atoms with E-state index >= 15 is 0 Å². The number of rotatable bonds is 3. The fourth-order valence-electron chi connectivity index (χ4n) is 2.40. The van der Waals surface area contributed by atoms with E-state index in [0.717, 1.165) is 48.2 Å². The highest BCUT2D eigenvalue weighted by atomic mass is 35.5. The van der Waals surface area contributed by atoms with Gasteiger partial charge in [0.2, 0.25) is 0 Å². The lowest BCUT2D eigenvalue weighted by atomic mass is 10.1. The molecule has 1 atom stereocenters. The molecule has 0 radical (unpaired) electrons. The lowest BCUT2D eigenvalue weighted by Gasteiger charge is -2.24. The van der Waals surface area contributed by atoms with Crippen LogP contribution in [-0.4, -0.2) is 30.6 Å². The third-order valence-corrected chi connectivity index (χ3v) is 4.21. The van der Waals surface area contributed by atoms with Crippen LogP contribution in [0.15, 0.2) is 18.2 Å². The van der Waals surface area contributed by atoms with Gasteiger partial charge in [0.15, 0.2) is 0 Å². The van der Waals surface area contributed by atoms with Gasteiger partial charge in [-0.1, -0.05) is 36.2 Å². The monoisotopic (exact) mass is 286 g/mol. The molecular weight excluding hydrogens is 267 g/mol. The van der Waals surface area contributed by atoms with Crippen molar-refractivity contribution in [2.45, 2.75) is 32.4 Å². The molecule has 1 N–H and O–H groups in total. The van der Waals surface area contributed by atoms with Crippen LogP contribution in [0.2, 0.25) is 10.0 Å². The molecular formula is C14H20Cl2N2. The first-order valence-corrected chi connectivity index (χ1v) is 7.35. The summed E-state index contributed by atoms with van der Waals surface area (Å²) in [5.41, 5.74) is 1.05. The Hall–Kier alpha value is -0.280. The van der Waals surface area contributed by atoms with Crippen LogP contribution >= 0.6 is 23.2 Å². The Kier molecular flexibility index (Phi) is 5.31. The van der Waals surface area contributed by atoms with Crippen LogP contribution in [0.3, 0.4) is 0 Å². The minimum Gasteiger partial charge on any atom is -0.313 e. The molecule has 2 rings (SSSR count). The Labute approximate surface area is 119 Å². The summed E-state index contributed by atoms with van der Waals surface area (Å²) in [4.78, 5) is 2.45. The molecule has 1 heterocycles. The zero-order chi connectivity index (χ0) is 13.0. The molecule has 0 bridgehead atoms. The quantitative estimate of drug-likeness (QED) is 0.914. The molecule has 100 valence electrons. The molecule has 2 nitrogen and oxygen atoms in total. The molecule has 0 saturated carbocycles. The molecule has 0 amide bonds. The van der Waals surface area contributed by atoms with Crippen LogP contribution in [0, 0.1) is 0 Å². The van der Waals surface area contributed by atoms with Gasteiger partial charge in [0.25, 0.3) is 0 Å². The van der Waals surface area contributed by atoms with Crippen LogP contribution in [0.4, 0.5) is 0 Å². The number of nitrogens with one attached hydrogen (secondary N) is 1. The number of hydrogen-bond donors (Lipinski definition) is 1. The Morgan fingerprint density at radius 2 is 2.06 bits per heavy atom. The largest absolute Gasteiger partial charge is 0.313 e. The molecule has 18 heavy (non-hydrogen) atoms. The first-order valence-electron chi connectivity index (χ1n) is 6.59. The maximum absolute atomic E-state index is 6.23. The van der Waals surface area contributed by atoms with E-state index in [1.165, 1.54) is 6.42 Å². The van der Waals surface area contributed by atoms with Crippen LogP contribution in [0.5, 0.6) is 0 Å². The topological polar surface area (TPSA) is 15.3 Å². The minimum atomic E-state index is 0.578. The van der Waals surface area contributed by atoms with Gasteiger partial charge in [-0.3, -0.25) is 4.90 Å². The number of benzene rings is 1. The molecule has 1 unspecified atom stereocenters. The van der Waals surface area contributed by atoms with Gasteiger partial charge in [0, 0.05) is 34.7 Å². The summed E-state index contributed by atoms with van der Waals surface area (Å²) in [6, 6.07) is 6.30. The van der Waals surface area contributed by atoms with Crippen LogP contribution in [0.25, 0.3) is 0 Å². The maximum atomic E-state index is 6.23. The molecule has 0 spiro atoms. The number of nitrogens with zero attached hydrogens (tertiary/aromatic N) is 1. The van der Waals surface area contributed by atoms with E-state index < -0.39 is 0 Å². The van der Waals surface area contributed by atoms with Gasteiger partial charge in [-0.25, -0.2) is 0 Å². The molecule has 0 aromatic heterocycles. The summed E-state index contributed by atoms with van der Waals surface area (Å²) in [6.07, 6.45) is 2.34. The molecule has 1 saturated heterocycles. The summed E-state index contributed by atoms with van der Waals surface area (Å²) in [5.74, 6) is 0. The van der Waals surface area contributed by atoms with Crippen LogP contribution in [0.1, 0.15) is 25.3 Å². The highest BCUT2D eigenvalue weighted by Gasteiger charge is 2.18. The fraction of sp³-hybridized carbons (Fsp3) is 0.571. The molecule has 4 heteroatoms. The van der Waals surface area contributed by atoms with E-state index in [0.29, 0.717) is 6.04 Å². The molecule has 1 aromatic carbocycles. The summed E-state index contributed by atoms with van der Waals surface area (Å²) in [5, 5.41) is 5.11. The van der Waals surface area contributed by atoms with Crippen molar-refractivity contribution in [1.29, 1.82) is 0 Å². The fourth-order valence-corrected chi connectivity index (χ4v) is 2.92. The van der Waals surface area contributed by atoms with Crippen molar-refractivity contribution in [1.82, 2.24) is 10.2 Å².